The first-order valence-electron chi connectivity index (χ1n) is 9.39. The second kappa shape index (κ2) is 8.63. The maximum atomic E-state index is 12.6. The summed E-state index contributed by atoms with van der Waals surface area (Å²) < 4.78 is 0. The highest BCUT2D eigenvalue weighted by Gasteiger charge is 2.37. The predicted octanol–water partition coefficient (Wildman–Crippen LogP) is 2.41. The predicted molar refractivity (Wildman–Crippen MR) is 113 cm³/mol. The van der Waals surface area contributed by atoms with E-state index in [1.165, 1.54) is 13.8 Å². The summed E-state index contributed by atoms with van der Waals surface area (Å²) in [6.07, 6.45) is -0.0465. The largest absolute Gasteiger partial charge is 0.369 e. The highest BCUT2D eigenvalue weighted by Crippen LogP contribution is 2.25. The first-order valence-corrected chi connectivity index (χ1v) is 9.39. The molecule has 4 amide bonds. The molecule has 0 spiro atoms. The fraction of sp³-hybridized carbons (Fsp3) is 0.524. The van der Waals surface area contributed by atoms with Gasteiger partial charge in [0.2, 0.25) is 23.6 Å². The molecule has 0 aliphatic rings. The lowest BCUT2D eigenvalue weighted by Gasteiger charge is -2.30. The molecule has 0 bridgehead atoms. The standard InChI is InChI=1S/C21H32N4O4/c1-19(2,3)17(28)24-14-11-9-8-10-13(14)23-15(26)12-20(4,5)25-18(29)21(6,7)16(22)27/h8-11H,12H2,1-7H3,(H2,22,27)(H,23,26)(H,24,28)(H,25,29). The summed E-state index contributed by atoms with van der Waals surface area (Å²) in [5, 5.41) is 8.26. The van der Waals surface area contributed by atoms with Gasteiger partial charge in [-0.05, 0) is 39.8 Å². The van der Waals surface area contributed by atoms with Crippen LogP contribution >= 0.6 is 0 Å². The maximum Gasteiger partial charge on any atom is 0.235 e. The molecule has 8 heteroatoms. The highest BCUT2D eigenvalue weighted by atomic mass is 16.2. The third-order valence-corrected chi connectivity index (χ3v) is 4.37. The summed E-state index contributed by atoms with van der Waals surface area (Å²) in [5.41, 5.74) is 3.31. The minimum atomic E-state index is -1.39. The Bertz CT molecular complexity index is 807. The summed E-state index contributed by atoms with van der Waals surface area (Å²) >= 11 is 0. The molecule has 160 valence electrons. The van der Waals surface area contributed by atoms with Crippen LogP contribution in [0, 0.1) is 10.8 Å². The second-order valence-electron chi connectivity index (χ2n) is 9.30. The van der Waals surface area contributed by atoms with E-state index in [9.17, 15) is 19.2 Å². The minimum absolute atomic E-state index is 0.0465. The van der Waals surface area contributed by atoms with Crippen molar-refractivity contribution in [3.8, 4) is 0 Å². The molecule has 0 heterocycles. The fourth-order valence-corrected chi connectivity index (χ4v) is 2.23. The van der Waals surface area contributed by atoms with Gasteiger partial charge in [0.05, 0.1) is 11.4 Å². The fourth-order valence-electron chi connectivity index (χ4n) is 2.23. The normalized spacial score (nSPS) is 12.1. The average molecular weight is 405 g/mol. The average Bonchev–Trinajstić information content (AvgIpc) is 2.54. The van der Waals surface area contributed by atoms with Gasteiger partial charge in [-0.15, -0.1) is 0 Å². The lowest BCUT2D eigenvalue weighted by atomic mass is 9.89. The van der Waals surface area contributed by atoms with Crippen molar-refractivity contribution < 1.29 is 19.2 Å². The molecule has 8 nitrogen and oxygen atoms in total. The van der Waals surface area contributed by atoms with Gasteiger partial charge in [-0.1, -0.05) is 32.9 Å². The topological polar surface area (TPSA) is 130 Å². The lowest BCUT2D eigenvalue weighted by molar-refractivity contribution is -0.140. The van der Waals surface area contributed by atoms with Crippen LogP contribution in [0.25, 0.3) is 0 Å². The number of hydrogen-bond acceptors (Lipinski definition) is 4. The third kappa shape index (κ3) is 6.89. The molecule has 0 radical (unpaired) electrons. The molecular formula is C21H32N4O4. The SMILES string of the molecule is CC(C)(CC(=O)Nc1ccccc1NC(=O)C(C)(C)C)NC(=O)C(C)(C)C(N)=O. The van der Waals surface area contributed by atoms with Crippen LogP contribution in [0.3, 0.4) is 0 Å². The van der Waals surface area contributed by atoms with E-state index in [1.807, 2.05) is 0 Å². The quantitative estimate of drug-likeness (QED) is 0.520. The number of carbonyl (C=O) groups excluding carboxylic acids is 4. The number of hydrogen-bond donors (Lipinski definition) is 4. The number of amides is 4. The van der Waals surface area contributed by atoms with Gasteiger partial charge in [-0.2, -0.15) is 0 Å². The number of rotatable bonds is 7. The Morgan fingerprint density at radius 1 is 0.828 bits per heavy atom. The van der Waals surface area contributed by atoms with E-state index < -0.39 is 28.2 Å². The Hall–Kier alpha value is -2.90. The van der Waals surface area contributed by atoms with Gasteiger partial charge >= 0.3 is 0 Å². The molecule has 0 fully saturated rings. The van der Waals surface area contributed by atoms with Crippen LogP contribution in [0.2, 0.25) is 0 Å². The number of anilines is 2. The van der Waals surface area contributed by atoms with Crippen molar-refractivity contribution in [1.82, 2.24) is 5.32 Å². The van der Waals surface area contributed by atoms with Crippen molar-refractivity contribution in [3.05, 3.63) is 24.3 Å². The molecule has 1 rings (SSSR count). The molecule has 1 aromatic rings. The number of nitrogens with two attached hydrogens (primary N) is 1. The molecule has 1 aromatic carbocycles. The smallest absolute Gasteiger partial charge is 0.235 e. The van der Waals surface area contributed by atoms with Crippen LogP contribution in [0.4, 0.5) is 11.4 Å². The molecule has 5 N–H and O–H groups in total. The molecule has 0 atom stereocenters. The van der Waals surface area contributed by atoms with Crippen molar-refractivity contribution >= 4 is 35.0 Å². The van der Waals surface area contributed by atoms with Crippen LogP contribution in [0.5, 0.6) is 0 Å². The number of para-hydroxylation sites is 2. The van der Waals surface area contributed by atoms with E-state index in [0.717, 1.165) is 0 Å². The van der Waals surface area contributed by atoms with E-state index in [4.69, 9.17) is 5.73 Å². The van der Waals surface area contributed by atoms with E-state index in [0.29, 0.717) is 11.4 Å². The maximum absolute atomic E-state index is 12.6. The Balaban J connectivity index is 2.86. The van der Waals surface area contributed by atoms with E-state index in [1.54, 1.807) is 58.9 Å². The van der Waals surface area contributed by atoms with Crippen molar-refractivity contribution in [2.75, 3.05) is 10.6 Å². The monoisotopic (exact) mass is 404 g/mol. The summed E-state index contributed by atoms with van der Waals surface area (Å²) in [7, 11) is 0. The van der Waals surface area contributed by atoms with Gasteiger partial charge < -0.3 is 21.7 Å². The Morgan fingerprint density at radius 2 is 1.31 bits per heavy atom. The molecule has 0 saturated carbocycles. The number of benzene rings is 1. The number of carbonyl (C=O) groups is 4. The van der Waals surface area contributed by atoms with Gasteiger partial charge in [0.1, 0.15) is 5.41 Å². The van der Waals surface area contributed by atoms with Crippen molar-refractivity contribution in [2.45, 2.75) is 60.4 Å². The van der Waals surface area contributed by atoms with E-state index >= 15 is 0 Å². The first-order chi connectivity index (χ1) is 13.1. The summed E-state index contributed by atoms with van der Waals surface area (Å²) in [6.45, 7) is 11.6. The molecule has 0 aliphatic heterocycles. The van der Waals surface area contributed by atoms with Crippen molar-refractivity contribution in [3.63, 3.8) is 0 Å². The molecule has 0 saturated heterocycles. The lowest BCUT2D eigenvalue weighted by Crippen LogP contribution is -2.53. The zero-order valence-corrected chi connectivity index (χ0v) is 18.2. The molecule has 0 aromatic heterocycles. The number of nitrogens with one attached hydrogen (secondary N) is 3. The second-order valence-corrected chi connectivity index (χ2v) is 9.30. The Kier molecular flexibility index (Phi) is 7.18. The molecule has 29 heavy (non-hydrogen) atoms. The van der Waals surface area contributed by atoms with Crippen LogP contribution in [-0.2, 0) is 19.2 Å². The zero-order chi connectivity index (χ0) is 22.6. The molecular weight excluding hydrogens is 372 g/mol. The van der Waals surface area contributed by atoms with Crippen molar-refractivity contribution in [1.29, 1.82) is 0 Å². The van der Waals surface area contributed by atoms with E-state index in [-0.39, 0.29) is 18.2 Å². The first kappa shape index (κ1) is 24.1. The summed E-state index contributed by atoms with van der Waals surface area (Å²) in [4.78, 5) is 48.6. The summed E-state index contributed by atoms with van der Waals surface area (Å²) in [5.74, 6) is -1.84. The highest BCUT2D eigenvalue weighted by molar-refractivity contribution is 6.04. The van der Waals surface area contributed by atoms with Crippen LogP contribution in [0.1, 0.15) is 54.9 Å². The Morgan fingerprint density at radius 3 is 1.76 bits per heavy atom. The van der Waals surface area contributed by atoms with E-state index in [2.05, 4.69) is 16.0 Å². The minimum Gasteiger partial charge on any atom is -0.369 e. The van der Waals surface area contributed by atoms with Gasteiger partial charge in [0.15, 0.2) is 0 Å². The molecule has 0 unspecified atom stereocenters. The molecule has 0 aliphatic carbocycles. The van der Waals surface area contributed by atoms with Gasteiger partial charge in [0.25, 0.3) is 0 Å². The zero-order valence-electron chi connectivity index (χ0n) is 18.2. The van der Waals surface area contributed by atoms with Gasteiger partial charge in [-0.3, -0.25) is 19.2 Å². The van der Waals surface area contributed by atoms with Crippen LogP contribution in [0.15, 0.2) is 24.3 Å². The van der Waals surface area contributed by atoms with Crippen LogP contribution in [-0.4, -0.2) is 29.2 Å². The summed E-state index contributed by atoms with van der Waals surface area (Å²) in [6, 6.07) is 6.87. The number of primary amides is 1. The van der Waals surface area contributed by atoms with Gasteiger partial charge in [-0.25, -0.2) is 0 Å². The van der Waals surface area contributed by atoms with Gasteiger partial charge in [0, 0.05) is 17.4 Å². The van der Waals surface area contributed by atoms with Crippen molar-refractivity contribution in [2.24, 2.45) is 16.6 Å². The Labute approximate surface area is 172 Å². The third-order valence-electron chi connectivity index (χ3n) is 4.37. The van der Waals surface area contributed by atoms with Crippen LogP contribution < -0.4 is 21.7 Å².